The Labute approximate surface area is 203 Å². The molecule has 0 aliphatic heterocycles. The lowest BCUT2D eigenvalue weighted by Gasteiger charge is -2.16. The molecule has 10 heteroatoms. The zero-order valence-electron chi connectivity index (χ0n) is 20.6. The van der Waals surface area contributed by atoms with Crippen LogP contribution >= 0.6 is 0 Å². The van der Waals surface area contributed by atoms with Crippen molar-refractivity contribution >= 4 is 5.91 Å². The largest absolute Gasteiger partial charge is 0.493 e. The van der Waals surface area contributed by atoms with Crippen LogP contribution in [0, 0.1) is 0 Å². The molecule has 0 bridgehead atoms. The van der Waals surface area contributed by atoms with Crippen LogP contribution < -0.4 is 14.8 Å². The van der Waals surface area contributed by atoms with Crippen LogP contribution in [-0.2, 0) is 5.41 Å². The Morgan fingerprint density at radius 3 is 2.57 bits per heavy atom. The fourth-order valence-corrected chi connectivity index (χ4v) is 3.44. The van der Waals surface area contributed by atoms with Gasteiger partial charge in [0, 0.05) is 17.8 Å². The van der Waals surface area contributed by atoms with E-state index in [1.54, 1.807) is 43.3 Å². The maximum absolute atomic E-state index is 12.9. The van der Waals surface area contributed by atoms with Gasteiger partial charge in [-0.25, -0.2) is 9.97 Å². The Balaban J connectivity index is 1.55. The first-order valence-electron chi connectivity index (χ1n) is 11.1. The first-order chi connectivity index (χ1) is 16.7. The van der Waals surface area contributed by atoms with Gasteiger partial charge in [0.1, 0.15) is 12.0 Å². The van der Waals surface area contributed by atoms with Gasteiger partial charge in [0.15, 0.2) is 23.1 Å². The van der Waals surface area contributed by atoms with Crippen molar-refractivity contribution in [3.8, 4) is 28.8 Å². The molecule has 182 valence electrons. The van der Waals surface area contributed by atoms with Crippen molar-refractivity contribution in [3.05, 3.63) is 66.1 Å². The van der Waals surface area contributed by atoms with Gasteiger partial charge in [-0.1, -0.05) is 32.0 Å². The number of carbonyl (C=O) groups is 1. The molecule has 1 aromatic carbocycles. The van der Waals surface area contributed by atoms with Crippen LogP contribution in [0.25, 0.3) is 17.3 Å². The minimum absolute atomic E-state index is 0.245. The molecule has 3 heterocycles. The van der Waals surface area contributed by atoms with Gasteiger partial charge >= 0.3 is 0 Å². The monoisotopic (exact) mass is 476 g/mol. The number of methoxy groups -OCH3 is 2. The molecule has 0 aliphatic carbocycles. The number of hydrogen-bond donors (Lipinski definition) is 1. The number of nitrogens with zero attached hydrogens (tertiary/aromatic N) is 5. The Morgan fingerprint density at radius 1 is 1.11 bits per heavy atom. The summed E-state index contributed by atoms with van der Waals surface area (Å²) in [5, 5.41) is 7.06. The van der Waals surface area contributed by atoms with Crippen LogP contribution in [0.4, 0.5) is 0 Å². The van der Waals surface area contributed by atoms with Crippen molar-refractivity contribution in [1.29, 1.82) is 0 Å². The number of imidazole rings is 1. The molecule has 0 saturated carbocycles. The number of carbonyl (C=O) groups excluding carboxylic acids is 1. The van der Waals surface area contributed by atoms with Crippen LogP contribution in [0.3, 0.4) is 0 Å². The summed E-state index contributed by atoms with van der Waals surface area (Å²) in [5.41, 5.74) is 1.50. The predicted molar refractivity (Wildman–Crippen MR) is 129 cm³/mol. The molecule has 1 amide bonds. The number of amides is 1. The van der Waals surface area contributed by atoms with Crippen molar-refractivity contribution in [1.82, 2.24) is 30.0 Å². The van der Waals surface area contributed by atoms with E-state index < -0.39 is 0 Å². The van der Waals surface area contributed by atoms with E-state index >= 15 is 0 Å². The van der Waals surface area contributed by atoms with Crippen molar-refractivity contribution in [2.24, 2.45) is 0 Å². The number of aromatic nitrogens is 5. The van der Waals surface area contributed by atoms with Crippen LogP contribution in [-0.4, -0.2) is 44.8 Å². The Morgan fingerprint density at radius 2 is 1.89 bits per heavy atom. The highest BCUT2D eigenvalue weighted by Gasteiger charge is 2.24. The maximum atomic E-state index is 12.9. The minimum Gasteiger partial charge on any atom is -0.493 e. The zero-order valence-corrected chi connectivity index (χ0v) is 20.6. The Hall–Kier alpha value is -4.21. The number of hydrogen-bond acceptors (Lipinski definition) is 8. The van der Waals surface area contributed by atoms with E-state index in [9.17, 15) is 4.79 Å². The highest BCUT2D eigenvalue weighted by molar-refractivity contribution is 5.92. The molecule has 10 nitrogen and oxygen atoms in total. The second-order valence-electron chi connectivity index (χ2n) is 9.02. The number of nitrogens with one attached hydrogen (secondary N) is 1. The van der Waals surface area contributed by atoms with E-state index in [0.29, 0.717) is 34.6 Å². The van der Waals surface area contributed by atoms with Crippen LogP contribution in [0.15, 0.2) is 53.6 Å². The van der Waals surface area contributed by atoms with Crippen molar-refractivity contribution < 1.29 is 18.8 Å². The van der Waals surface area contributed by atoms with Crippen LogP contribution in [0.5, 0.6) is 11.5 Å². The normalized spacial score (nSPS) is 12.3. The van der Waals surface area contributed by atoms with E-state index in [0.717, 1.165) is 5.56 Å². The summed E-state index contributed by atoms with van der Waals surface area (Å²) in [4.78, 5) is 26.2. The summed E-state index contributed by atoms with van der Waals surface area (Å²) in [7, 11) is 3.15. The second-order valence-corrected chi connectivity index (χ2v) is 9.02. The molecule has 1 atom stereocenters. The second kappa shape index (κ2) is 9.57. The first kappa shape index (κ1) is 23.9. The molecule has 0 aliphatic rings. The van der Waals surface area contributed by atoms with E-state index in [2.05, 4.69) is 25.4 Å². The van der Waals surface area contributed by atoms with Crippen molar-refractivity contribution in [3.63, 3.8) is 0 Å². The standard InChI is InChI=1S/C25H28N6O4/c1-15(16-9-10-19(33-5)20(12-16)34-6)28-22(32)18-13-31(14-27-18)21-17(8-7-11-26-21)23-29-24(30-35-23)25(2,3)4/h7-15H,1-6H3,(H,28,32)/t15-/m0/s1. The zero-order chi connectivity index (χ0) is 25.2. The molecule has 3 aromatic heterocycles. The smallest absolute Gasteiger partial charge is 0.271 e. The number of rotatable bonds is 7. The lowest BCUT2D eigenvalue weighted by molar-refractivity contribution is 0.0935. The average Bonchev–Trinajstić information content (AvgIpc) is 3.54. The lowest BCUT2D eigenvalue weighted by atomic mass is 9.96. The van der Waals surface area contributed by atoms with E-state index in [-0.39, 0.29) is 23.1 Å². The number of ether oxygens (including phenoxy) is 2. The quantitative estimate of drug-likeness (QED) is 0.423. The SMILES string of the molecule is COc1ccc([C@H](C)NC(=O)c2cn(-c3ncccc3-c3nc(C(C)(C)C)no3)cn2)cc1OC. The van der Waals surface area contributed by atoms with E-state index in [1.165, 1.54) is 6.33 Å². The molecule has 0 fully saturated rings. The molecule has 35 heavy (non-hydrogen) atoms. The summed E-state index contributed by atoms with van der Waals surface area (Å²) in [6.07, 6.45) is 4.80. The van der Waals surface area contributed by atoms with Gasteiger partial charge in [-0.3, -0.25) is 9.36 Å². The molecule has 1 N–H and O–H groups in total. The summed E-state index contributed by atoms with van der Waals surface area (Å²) in [5.74, 6) is 2.36. The molecule has 0 spiro atoms. The number of benzene rings is 1. The topological polar surface area (TPSA) is 117 Å². The fourth-order valence-electron chi connectivity index (χ4n) is 3.44. The van der Waals surface area contributed by atoms with E-state index in [4.69, 9.17) is 14.0 Å². The highest BCUT2D eigenvalue weighted by atomic mass is 16.5. The summed E-state index contributed by atoms with van der Waals surface area (Å²) in [6.45, 7) is 7.91. The van der Waals surface area contributed by atoms with Gasteiger partial charge in [-0.15, -0.1) is 0 Å². The lowest BCUT2D eigenvalue weighted by Crippen LogP contribution is -2.27. The fraction of sp³-hybridized carbons (Fsp3) is 0.320. The van der Waals surface area contributed by atoms with Crippen LogP contribution in [0.2, 0.25) is 0 Å². The molecular weight excluding hydrogens is 448 g/mol. The van der Waals surface area contributed by atoms with Gasteiger partial charge in [-0.05, 0) is 36.8 Å². The third kappa shape index (κ3) is 5.01. The maximum Gasteiger partial charge on any atom is 0.271 e. The molecule has 0 saturated heterocycles. The summed E-state index contributed by atoms with van der Waals surface area (Å²) < 4.78 is 17.8. The third-order valence-corrected chi connectivity index (χ3v) is 5.43. The molecular formula is C25H28N6O4. The Bertz CT molecular complexity index is 1340. The first-order valence-corrected chi connectivity index (χ1v) is 11.1. The van der Waals surface area contributed by atoms with Crippen molar-refractivity contribution in [2.75, 3.05) is 14.2 Å². The molecule has 0 unspecified atom stereocenters. The van der Waals surface area contributed by atoms with E-state index in [1.807, 2.05) is 45.9 Å². The van der Waals surface area contributed by atoms with Gasteiger partial charge in [0.25, 0.3) is 11.8 Å². The predicted octanol–water partition coefficient (Wildman–Crippen LogP) is 4.12. The summed E-state index contributed by atoms with van der Waals surface area (Å²) >= 11 is 0. The number of pyridine rings is 1. The average molecular weight is 477 g/mol. The van der Waals surface area contributed by atoms with Crippen LogP contribution in [0.1, 0.15) is 55.6 Å². The molecule has 0 radical (unpaired) electrons. The molecule has 4 rings (SSSR count). The Kier molecular flexibility index (Phi) is 6.54. The third-order valence-electron chi connectivity index (χ3n) is 5.43. The summed E-state index contributed by atoms with van der Waals surface area (Å²) in [6, 6.07) is 8.85. The van der Waals surface area contributed by atoms with Gasteiger partial charge in [0.2, 0.25) is 0 Å². The minimum atomic E-state index is -0.323. The van der Waals surface area contributed by atoms with Gasteiger partial charge in [-0.2, -0.15) is 4.98 Å². The van der Waals surface area contributed by atoms with Gasteiger partial charge < -0.3 is 19.3 Å². The van der Waals surface area contributed by atoms with Gasteiger partial charge in [0.05, 0.1) is 25.8 Å². The van der Waals surface area contributed by atoms with Crippen molar-refractivity contribution in [2.45, 2.75) is 39.2 Å². The highest BCUT2D eigenvalue weighted by Crippen LogP contribution is 2.30. The molecule has 4 aromatic rings.